The summed E-state index contributed by atoms with van der Waals surface area (Å²) in [6.07, 6.45) is 4.19. The number of nitrogens with zero attached hydrogens (tertiary/aromatic N) is 1. The maximum atomic E-state index is 10.8. The predicted molar refractivity (Wildman–Crippen MR) is 61.9 cm³/mol. The van der Waals surface area contributed by atoms with Crippen LogP contribution in [-0.4, -0.2) is 18.8 Å². The number of ether oxygens (including phenoxy) is 1. The average molecular weight is 236 g/mol. The van der Waals surface area contributed by atoms with Crippen LogP contribution < -0.4 is 4.74 Å². The van der Waals surface area contributed by atoms with Crippen LogP contribution in [0.25, 0.3) is 0 Å². The molecule has 0 spiro atoms. The Morgan fingerprint density at radius 3 is 2.88 bits per heavy atom. The summed E-state index contributed by atoms with van der Waals surface area (Å²) in [5.41, 5.74) is 0.809. The number of alkyl halides is 1. The number of carbonyl (C=O) groups is 1. The fourth-order valence-corrected chi connectivity index (χ4v) is 1.24. The number of hydrogen-bond donors (Lipinski definition) is 0. The Kier molecular flexibility index (Phi) is 5.10. The van der Waals surface area contributed by atoms with E-state index in [2.05, 4.69) is 0 Å². The molecule has 82 valence electrons. The highest BCUT2D eigenvalue weighted by atomic mass is 35.5. The van der Waals surface area contributed by atoms with E-state index < -0.39 is 0 Å². The van der Waals surface area contributed by atoms with E-state index in [-0.39, 0.29) is 0 Å². The number of aldehydes is 1. The highest BCUT2D eigenvalue weighted by molar-refractivity contribution is 6.18. The van der Waals surface area contributed by atoms with Crippen LogP contribution in [0.2, 0.25) is 0 Å². The van der Waals surface area contributed by atoms with E-state index in [0.717, 1.165) is 0 Å². The summed E-state index contributed by atoms with van der Waals surface area (Å²) in [7, 11) is 0. The van der Waals surface area contributed by atoms with Crippen molar-refractivity contribution in [2.24, 2.45) is 0 Å². The van der Waals surface area contributed by atoms with Crippen molar-refractivity contribution in [3.63, 3.8) is 0 Å². The van der Waals surface area contributed by atoms with Crippen molar-refractivity contribution >= 4 is 17.9 Å². The van der Waals surface area contributed by atoms with Gasteiger partial charge in [0.2, 0.25) is 0 Å². The molecule has 0 bridgehead atoms. The molecular formula is C12H10ClNO2. The molecule has 1 aromatic rings. The summed E-state index contributed by atoms with van der Waals surface area (Å²) in [6, 6.07) is 6.67. The minimum absolute atomic E-state index is 0.347. The Labute approximate surface area is 98.9 Å². The summed E-state index contributed by atoms with van der Waals surface area (Å²) in [6.45, 7) is 0.347. The van der Waals surface area contributed by atoms with E-state index in [0.29, 0.717) is 35.6 Å². The molecule has 4 heteroatoms. The molecule has 0 aliphatic heterocycles. The quantitative estimate of drug-likeness (QED) is 0.448. The lowest BCUT2D eigenvalue weighted by Crippen LogP contribution is -1.97. The second-order valence-corrected chi connectivity index (χ2v) is 3.23. The van der Waals surface area contributed by atoms with Crippen LogP contribution in [0, 0.1) is 11.3 Å². The highest BCUT2D eigenvalue weighted by Crippen LogP contribution is 2.18. The normalized spacial score (nSPS) is 10.0. The van der Waals surface area contributed by atoms with Crippen molar-refractivity contribution in [2.75, 3.05) is 12.5 Å². The van der Waals surface area contributed by atoms with E-state index in [4.69, 9.17) is 21.6 Å². The van der Waals surface area contributed by atoms with Crippen LogP contribution in [-0.2, 0) is 0 Å². The molecule has 0 atom stereocenters. The molecule has 0 saturated heterocycles. The fourth-order valence-electron chi connectivity index (χ4n) is 1.11. The van der Waals surface area contributed by atoms with Gasteiger partial charge in [-0.1, -0.05) is 12.2 Å². The van der Waals surface area contributed by atoms with Gasteiger partial charge in [-0.2, -0.15) is 5.26 Å². The molecule has 0 fully saturated rings. The number of allylic oxidation sites excluding steroid dienone is 1. The average Bonchev–Trinajstić information content (AvgIpc) is 2.34. The molecular weight excluding hydrogens is 226 g/mol. The van der Waals surface area contributed by atoms with Crippen LogP contribution in [0.1, 0.15) is 15.9 Å². The van der Waals surface area contributed by atoms with Crippen LogP contribution >= 0.6 is 11.6 Å². The third-order valence-electron chi connectivity index (χ3n) is 1.86. The SMILES string of the molecule is N#Cc1ccc(OC/C=C/CCl)c(C=O)c1. The minimum Gasteiger partial charge on any atom is -0.489 e. The summed E-state index contributed by atoms with van der Waals surface area (Å²) in [5.74, 6) is 0.894. The molecule has 16 heavy (non-hydrogen) atoms. The summed E-state index contributed by atoms with van der Waals surface area (Å²) >= 11 is 5.45. The summed E-state index contributed by atoms with van der Waals surface area (Å²) < 4.78 is 5.34. The lowest BCUT2D eigenvalue weighted by Gasteiger charge is -2.05. The molecule has 0 radical (unpaired) electrons. The highest BCUT2D eigenvalue weighted by Gasteiger charge is 2.03. The van der Waals surface area contributed by atoms with Gasteiger partial charge >= 0.3 is 0 Å². The van der Waals surface area contributed by atoms with Gasteiger partial charge in [0.15, 0.2) is 6.29 Å². The van der Waals surface area contributed by atoms with E-state index >= 15 is 0 Å². The summed E-state index contributed by atoms with van der Waals surface area (Å²) in [5, 5.41) is 8.66. The Balaban J connectivity index is 2.76. The first-order valence-corrected chi connectivity index (χ1v) is 5.18. The standard InChI is InChI=1S/C12H10ClNO2/c13-5-1-2-6-16-12-4-3-10(8-14)7-11(12)9-15/h1-4,7,9H,5-6H2/b2-1+. The number of rotatable bonds is 5. The van der Waals surface area contributed by atoms with Crippen molar-refractivity contribution in [1.82, 2.24) is 0 Å². The molecule has 0 aliphatic carbocycles. The second-order valence-electron chi connectivity index (χ2n) is 2.92. The lowest BCUT2D eigenvalue weighted by atomic mass is 10.1. The smallest absolute Gasteiger partial charge is 0.153 e. The molecule has 0 heterocycles. The zero-order chi connectivity index (χ0) is 11.8. The fraction of sp³-hybridized carbons (Fsp3) is 0.167. The lowest BCUT2D eigenvalue weighted by molar-refractivity contribution is 0.112. The number of halogens is 1. The van der Waals surface area contributed by atoms with Crippen molar-refractivity contribution in [1.29, 1.82) is 5.26 Å². The topological polar surface area (TPSA) is 50.1 Å². The Hall–Kier alpha value is -1.79. The van der Waals surface area contributed by atoms with Crippen molar-refractivity contribution in [2.45, 2.75) is 0 Å². The zero-order valence-electron chi connectivity index (χ0n) is 8.52. The van der Waals surface area contributed by atoms with E-state index in [9.17, 15) is 4.79 Å². The molecule has 0 amide bonds. The number of hydrogen-bond acceptors (Lipinski definition) is 3. The molecule has 0 unspecified atom stereocenters. The number of nitriles is 1. The number of carbonyl (C=O) groups excluding carboxylic acids is 1. The van der Waals surface area contributed by atoms with Gasteiger partial charge in [-0.3, -0.25) is 4.79 Å². The molecule has 3 nitrogen and oxygen atoms in total. The number of benzene rings is 1. The van der Waals surface area contributed by atoms with Gasteiger partial charge in [-0.25, -0.2) is 0 Å². The van der Waals surface area contributed by atoms with Crippen LogP contribution in [0.5, 0.6) is 5.75 Å². The first kappa shape index (κ1) is 12.3. The van der Waals surface area contributed by atoms with Crippen LogP contribution in [0.4, 0.5) is 0 Å². The maximum Gasteiger partial charge on any atom is 0.153 e. The van der Waals surface area contributed by atoms with Gasteiger partial charge in [-0.15, -0.1) is 11.6 Å². The zero-order valence-corrected chi connectivity index (χ0v) is 9.28. The minimum atomic E-state index is 0.347. The van der Waals surface area contributed by atoms with Gasteiger partial charge in [0.1, 0.15) is 12.4 Å². The van der Waals surface area contributed by atoms with Crippen molar-refractivity contribution in [3.8, 4) is 11.8 Å². The molecule has 1 rings (SSSR count). The predicted octanol–water partition coefficient (Wildman–Crippen LogP) is 2.54. The van der Waals surface area contributed by atoms with Gasteiger partial charge in [0, 0.05) is 5.88 Å². The Bertz CT molecular complexity index is 435. The van der Waals surface area contributed by atoms with Crippen molar-refractivity contribution in [3.05, 3.63) is 41.5 Å². The van der Waals surface area contributed by atoms with E-state index in [1.165, 1.54) is 6.07 Å². The van der Waals surface area contributed by atoms with Crippen molar-refractivity contribution < 1.29 is 9.53 Å². The molecule has 0 aromatic heterocycles. The van der Waals surface area contributed by atoms with E-state index in [1.54, 1.807) is 24.3 Å². The molecule has 0 aliphatic rings. The first-order valence-electron chi connectivity index (χ1n) is 4.65. The Morgan fingerprint density at radius 1 is 1.44 bits per heavy atom. The third kappa shape index (κ3) is 3.41. The van der Waals surface area contributed by atoms with Gasteiger partial charge in [-0.05, 0) is 18.2 Å². The van der Waals surface area contributed by atoms with E-state index in [1.807, 2.05) is 6.07 Å². The monoisotopic (exact) mass is 235 g/mol. The second kappa shape index (κ2) is 6.65. The van der Waals surface area contributed by atoms with Crippen LogP contribution in [0.15, 0.2) is 30.4 Å². The summed E-state index contributed by atoms with van der Waals surface area (Å²) in [4.78, 5) is 10.8. The third-order valence-corrected chi connectivity index (χ3v) is 2.03. The van der Waals surface area contributed by atoms with Gasteiger partial charge < -0.3 is 4.74 Å². The molecule has 1 aromatic carbocycles. The van der Waals surface area contributed by atoms with Gasteiger partial charge in [0.05, 0.1) is 17.2 Å². The molecule has 0 saturated carbocycles. The Morgan fingerprint density at radius 2 is 2.25 bits per heavy atom. The van der Waals surface area contributed by atoms with Crippen LogP contribution in [0.3, 0.4) is 0 Å². The van der Waals surface area contributed by atoms with Gasteiger partial charge in [0.25, 0.3) is 0 Å². The largest absolute Gasteiger partial charge is 0.489 e. The molecule has 0 N–H and O–H groups in total. The first-order chi connectivity index (χ1) is 7.81. The maximum absolute atomic E-state index is 10.8.